The van der Waals surface area contributed by atoms with E-state index in [9.17, 15) is 4.79 Å². The summed E-state index contributed by atoms with van der Waals surface area (Å²) < 4.78 is 7.46. The minimum Gasteiger partial charge on any atom is -0.444 e. The van der Waals surface area contributed by atoms with Gasteiger partial charge in [0.15, 0.2) is 0 Å². The van der Waals surface area contributed by atoms with Crippen LogP contribution in [-0.4, -0.2) is 28.7 Å². The number of carbonyl (C=O) groups excluding carboxylic acids is 1. The highest BCUT2D eigenvalue weighted by Crippen LogP contribution is 2.26. The third kappa shape index (κ3) is 4.48. The summed E-state index contributed by atoms with van der Waals surface area (Å²) in [6, 6.07) is 0.446. The van der Waals surface area contributed by atoms with E-state index < -0.39 is 5.60 Å². The van der Waals surface area contributed by atoms with Crippen molar-refractivity contribution in [3.63, 3.8) is 0 Å². The topological polar surface area (TPSA) is 29.5 Å². The molecule has 2 atom stereocenters. The molecule has 0 aromatic rings. The summed E-state index contributed by atoms with van der Waals surface area (Å²) in [5, 5.41) is 0. The number of carbonyl (C=O) groups is 1. The van der Waals surface area contributed by atoms with Crippen molar-refractivity contribution in [1.29, 1.82) is 0 Å². The number of hydrogen-bond acceptors (Lipinski definition) is 2. The molecule has 1 saturated heterocycles. The first kappa shape index (κ1) is 14.8. The molecule has 0 aromatic heterocycles. The SMILES string of the molecule is C[C@H]1CCC[C@H](/C=C/I)N1C(=O)OC(C)(C)C. The Kier molecular flexibility index (Phi) is 5.28. The minimum absolute atomic E-state index is 0.186. The van der Waals surface area contributed by atoms with E-state index in [1.165, 1.54) is 6.42 Å². The minimum atomic E-state index is -0.424. The van der Waals surface area contributed by atoms with E-state index in [1.54, 1.807) is 0 Å². The van der Waals surface area contributed by atoms with Crippen LogP contribution in [0.5, 0.6) is 0 Å². The summed E-state index contributed by atoms with van der Waals surface area (Å²) in [5.41, 5.74) is -0.424. The molecular formula is C13H22INO2. The van der Waals surface area contributed by atoms with Crippen LogP contribution in [-0.2, 0) is 4.74 Å². The van der Waals surface area contributed by atoms with Gasteiger partial charge in [0, 0.05) is 6.04 Å². The molecule has 3 nitrogen and oxygen atoms in total. The van der Waals surface area contributed by atoms with Gasteiger partial charge in [-0.05, 0) is 51.0 Å². The predicted octanol–water partition coefficient (Wildman–Crippen LogP) is 4.11. The van der Waals surface area contributed by atoms with Crippen LogP contribution >= 0.6 is 22.6 Å². The molecule has 0 spiro atoms. The van der Waals surface area contributed by atoms with Gasteiger partial charge in [-0.25, -0.2) is 4.79 Å². The fourth-order valence-electron chi connectivity index (χ4n) is 2.13. The Morgan fingerprint density at radius 2 is 2.06 bits per heavy atom. The zero-order chi connectivity index (χ0) is 13.1. The van der Waals surface area contributed by atoms with Crippen LogP contribution in [0.3, 0.4) is 0 Å². The number of ether oxygens (including phenoxy) is 1. The van der Waals surface area contributed by atoms with Crippen LogP contribution in [0.4, 0.5) is 4.79 Å². The maximum Gasteiger partial charge on any atom is 0.411 e. The van der Waals surface area contributed by atoms with E-state index in [0.717, 1.165) is 12.8 Å². The standard InChI is InChI=1S/C13H22INO2/c1-10-6-5-7-11(8-9-14)15(10)12(16)17-13(2,3)4/h8-11H,5-7H2,1-4H3/b9-8+/t10-,11+/m0/s1. The molecule has 1 heterocycles. The Hall–Kier alpha value is -0.260. The molecule has 98 valence electrons. The monoisotopic (exact) mass is 351 g/mol. The molecule has 0 saturated carbocycles. The van der Waals surface area contributed by atoms with E-state index in [-0.39, 0.29) is 18.2 Å². The molecule has 0 aliphatic carbocycles. The second-order valence-corrected chi connectivity index (χ2v) is 6.27. The zero-order valence-electron chi connectivity index (χ0n) is 11.1. The van der Waals surface area contributed by atoms with Crippen molar-refractivity contribution in [2.45, 2.75) is 64.6 Å². The van der Waals surface area contributed by atoms with Gasteiger partial charge in [0.05, 0.1) is 6.04 Å². The van der Waals surface area contributed by atoms with Crippen molar-refractivity contribution in [2.75, 3.05) is 0 Å². The van der Waals surface area contributed by atoms with Crippen LogP contribution in [0.1, 0.15) is 47.0 Å². The highest BCUT2D eigenvalue weighted by molar-refractivity contribution is 14.1. The van der Waals surface area contributed by atoms with Gasteiger partial charge in [-0.1, -0.05) is 28.7 Å². The quantitative estimate of drug-likeness (QED) is 0.666. The number of halogens is 1. The lowest BCUT2D eigenvalue weighted by Gasteiger charge is -2.39. The molecule has 1 fully saturated rings. The number of nitrogens with zero attached hydrogens (tertiary/aromatic N) is 1. The average molecular weight is 351 g/mol. The zero-order valence-corrected chi connectivity index (χ0v) is 13.2. The maximum atomic E-state index is 12.2. The van der Waals surface area contributed by atoms with Crippen molar-refractivity contribution in [1.82, 2.24) is 4.90 Å². The second kappa shape index (κ2) is 6.07. The third-order valence-corrected chi connectivity index (χ3v) is 3.27. The van der Waals surface area contributed by atoms with E-state index in [1.807, 2.05) is 29.8 Å². The fraction of sp³-hybridized carbons (Fsp3) is 0.769. The molecule has 0 N–H and O–H groups in total. The molecule has 1 amide bonds. The predicted molar refractivity (Wildman–Crippen MR) is 78.3 cm³/mol. The summed E-state index contributed by atoms with van der Waals surface area (Å²) in [5.74, 6) is 0. The largest absolute Gasteiger partial charge is 0.444 e. The Bertz CT molecular complexity index is 296. The van der Waals surface area contributed by atoms with E-state index in [4.69, 9.17) is 4.74 Å². The van der Waals surface area contributed by atoms with Gasteiger partial charge >= 0.3 is 6.09 Å². The lowest BCUT2D eigenvalue weighted by atomic mass is 9.97. The molecular weight excluding hydrogens is 329 g/mol. The van der Waals surface area contributed by atoms with Gasteiger partial charge in [0.2, 0.25) is 0 Å². The van der Waals surface area contributed by atoms with Crippen LogP contribution in [0.15, 0.2) is 10.2 Å². The van der Waals surface area contributed by atoms with Gasteiger partial charge < -0.3 is 4.74 Å². The number of rotatable bonds is 1. The van der Waals surface area contributed by atoms with E-state index in [0.29, 0.717) is 0 Å². The number of piperidine rings is 1. The highest BCUT2D eigenvalue weighted by Gasteiger charge is 2.33. The lowest BCUT2D eigenvalue weighted by molar-refractivity contribution is 0.00364. The summed E-state index contributed by atoms with van der Waals surface area (Å²) >= 11 is 2.20. The molecule has 0 bridgehead atoms. The molecule has 1 aliphatic heterocycles. The van der Waals surface area contributed by atoms with Gasteiger partial charge in [0.25, 0.3) is 0 Å². The highest BCUT2D eigenvalue weighted by atomic mass is 127. The second-order valence-electron chi connectivity index (χ2n) is 5.55. The van der Waals surface area contributed by atoms with Crippen molar-refractivity contribution < 1.29 is 9.53 Å². The van der Waals surface area contributed by atoms with Crippen LogP contribution < -0.4 is 0 Å². The third-order valence-electron chi connectivity index (χ3n) is 2.85. The Balaban J connectivity index is 2.78. The van der Waals surface area contributed by atoms with Crippen molar-refractivity contribution >= 4 is 28.7 Å². The van der Waals surface area contributed by atoms with Crippen molar-refractivity contribution in [3.05, 3.63) is 10.2 Å². The van der Waals surface area contributed by atoms with Crippen LogP contribution in [0.25, 0.3) is 0 Å². The molecule has 0 radical (unpaired) electrons. The van der Waals surface area contributed by atoms with Crippen molar-refractivity contribution in [3.8, 4) is 0 Å². The van der Waals surface area contributed by atoms with Gasteiger partial charge in [-0.3, -0.25) is 4.90 Å². The van der Waals surface area contributed by atoms with Gasteiger partial charge in [-0.15, -0.1) is 0 Å². The van der Waals surface area contributed by atoms with Gasteiger partial charge in [0.1, 0.15) is 5.60 Å². The van der Waals surface area contributed by atoms with Crippen molar-refractivity contribution in [2.24, 2.45) is 0 Å². The molecule has 0 unspecified atom stereocenters. The summed E-state index contributed by atoms with van der Waals surface area (Å²) in [6.07, 6.45) is 5.16. The number of likely N-dealkylation sites (tertiary alicyclic amines) is 1. The Labute approximate surface area is 118 Å². The molecule has 1 rings (SSSR count). The molecule has 0 aromatic carbocycles. The Morgan fingerprint density at radius 3 is 2.59 bits per heavy atom. The lowest BCUT2D eigenvalue weighted by Crippen LogP contribution is -2.49. The number of hydrogen-bond donors (Lipinski definition) is 0. The first-order chi connectivity index (χ1) is 7.85. The first-order valence-corrected chi connectivity index (χ1v) is 7.38. The first-order valence-electron chi connectivity index (χ1n) is 6.13. The molecule has 17 heavy (non-hydrogen) atoms. The smallest absolute Gasteiger partial charge is 0.411 e. The molecule has 4 heteroatoms. The van der Waals surface area contributed by atoms with Crippen LogP contribution in [0.2, 0.25) is 0 Å². The average Bonchev–Trinajstić information content (AvgIpc) is 2.15. The Morgan fingerprint density at radius 1 is 1.41 bits per heavy atom. The summed E-state index contributed by atoms with van der Waals surface area (Å²) in [7, 11) is 0. The van der Waals surface area contributed by atoms with Gasteiger partial charge in [-0.2, -0.15) is 0 Å². The summed E-state index contributed by atoms with van der Waals surface area (Å²) in [6.45, 7) is 7.81. The van der Waals surface area contributed by atoms with E-state index in [2.05, 4.69) is 35.6 Å². The summed E-state index contributed by atoms with van der Waals surface area (Å²) in [4.78, 5) is 14.1. The molecule has 1 aliphatic rings. The van der Waals surface area contributed by atoms with Crippen LogP contribution in [0, 0.1) is 0 Å². The fourth-order valence-corrected chi connectivity index (χ4v) is 2.61. The maximum absolute atomic E-state index is 12.2. The van der Waals surface area contributed by atoms with E-state index >= 15 is 0 Å². The normalized spacial score (nSPS) is 26.3. The number of amides is 1.